The molecule has 0 saturated carbocycles. The second-order valence-corrected chi connectivity index (χ2v) is 10.3. The number of hydrogen-bond donors (Lipinski definition) is 3. The first-order valence-corrected chi connectivity index (χ1v) is 11.4. The third-order valence-electron chi connectivity index (χ3n) is 5.29. The van der Waals surface area contributed by atoms with Crippen LogP contribution in [0, 0.1) is 23.7 Å². The number of nitrogens with zero attached hydrogens (tertiary/aromatic N) is 2. The number of aliphatic hydroxyl groups is 1. The lowest BCUT2D eigenvalue weighted by Gasteiger charge is -2.34. The van der Waals surface area contributed by atoms with E-state index < -0.39 is 26.1 Å². The van der Waals surface area contributed by atoms with Gasteiger partial charge in [0.25, 0.3) is 5.91 Å². The van der Waals surface area contributed by atoms with Crippen molar-refractivity contribution in [2.24, 2.45) is 0 Å². The molecule has 31 heavy (non-hydrogen) atoms. The summed E-state index contributed by atoms with van der Waals surface area (Å²) >= 11 is 0. The molecule has 2 aromatic rings. The summed E-state index contributed by atoms with van der Waals surface area (Å²) in [7, 11) is -3.77. The number of sulfone groups is 1. The molecule has 1 saturated heterocycles. The smallest absolute Gasteiger partial charge is 0.264 e. The highest BCUT2D eigenvalue weighted by Gasteiger charge is 2.43. The van der Waals surface area contributed by atoms with Crippen molar-refractivity contribution in [3.8, 4) is 23.7 Å². The minimum absolute atomic E-state index is 0.0636. The molecule has 1 unspecified atom stereocenters. The number of hydroxylamine groups is 1. The molecule has 0 aliphatic carbocycles. The molecule has 1 aliphatic heterocycles. The van der Waals surface area contributed by atoms with Crippen LogP contribution >= 0.6 is 0 Å². The maximum absolute atomic E-state index is 12.1. The molecule has 164 valence electrons. The Labute approximate surface area is 180 Å². The maximum Gasteiger partial charge on any atom is 0.264 e. The molecule has 1 atom stereocenters. The van der Waals surface area contributed by atoms with Gasteiger partial charge in [0.05, 0.1) is 18.7 Å². The van der Waals surface area contributed by atoms with E-state index in [0.29, 0.717) is 25.2 Å². The number of carbonyl (C=O) groups excluding carboxylic acids is 1. The van der Waals surface area contributed by atoms with Gasteiger partial charge in [0.1, 0.15) is 5.60 Å². The summed E-state index contributed by atoms with van der Waals surface area (Å²) in [4.78, 5) is 11.9. The number of rotatable bonds is 6. The Bertz CT molecular complexity index is 1220. The standard InChI is InChI=1S/C21H23N3O6S/c1-20(19(25)23-27,31(2,28)29)10-11-24-13-17-12-16(7-8-18(17)22-24)6-4-3-5-9-21(26)14-30-15-21/h7-8,12-13,26-27H,9-11,14-15H2,1-2H3,(H,23,25). The molecule has 1 aromatic carbocycles. The van der Waals surface area contributed by atoms with Gasteiger partial charge in [-0.2, -0.15) is 5.10 Å². The largest absolute Gasteiger partial charge is 0.384 e. The lowest BCUT2D eigenvalue weighted by molar-refractivity contribution is -0.174. The van der Waals surface area contributed by atoms with Gasteiger partial charge in [0.15, 0.2) is 14.6 Å². The zero-order chi connectivity index (χ0) is 22.7. The lowest BCUT2D eigenvalue weighted by Crippen LogP contribution is -2.49. The molecule has 10 heteroatoms. The number of carbonyl (C=O) groups is 1. The average Bonchev–Trinajstić information content (AvgIpc) is 3.11. The summed E-state index contributed by atoms with van der Waals surface area (Å²) in [6.07, 6.45) is 2.94. The number of fused-ring (bicyclic) bond motifs is 1. The van der Waals surface area contributed by atoms with Gasteiger partial charge >= 0.3 is 0 Å². The number of hydrogen-bond acceptors (Lipinski definition) is 7. The summed E-state index contributed by atoms with van der Waals surface area (Å²) in [6, 6.07) is 5.41. The van der Waals surface area contributed by atoms with Crippen LogP contribution < -0.4 is 5.48 Å². The van der Waals surface area contributed by atoms with Gasteiger partial charge in [-0.25, -0.2) is 13.9 Å². The van der Waals surface area contributed by atoms with Crippen LogP contribution in [0.3, 0.4) is 0 Å². The van der Waals surface area contributed by atoms with Crippen molar-refractivity contribution < 1.29 is 28.3 Å². The van der Waals surface area contributed by atoms with E-state index in [-0.39, 0.29) is 13.0 Å². The second kappa shape index (κ2) is 8.69. The molecule has 9 nitrogen and oxygen atoms in total. The lowest BCUT2D eigenvalue weighted by atomic mass is 9.99. The van der Waals surface area contributed by atoms with E-state index in [1.54, 1.807) is 23.0 Å². The van der Waals surface area contributed by atoms with E-state index in [9.17, 15) is 18.3 Å². The topological polar surface area (TPSA) is 131 Å². The summed E-state index contributed by atoms with van der Waals surface area (Å²) in [6.45, 7) is 2.01. The van der Waals surface area contributed by atoms with Crippen molar-refractivity contribution in [1.82, 2.24) is 15.3 Å². The molecule has 3 N–H and O–H groups in total. The molecule has 2 heterocycles. The molecule has 1 fully saturated rings. The first kappa shape index (κ1) is 22.8. The van der Waals surface area contributed by atoms with Crippen molar-refractivity contribution >= 4 is 26.6 Å². The SMILES string of the molecule is CC(CCn1cc2cc(C#CC#CCC3(O)COC3)ccc2n1)(C(=O)NO)S(C)(=O)=O. The van der Waals surface area contributed by atoms with Gasteiger partial charge in [-0.05, 0) is 43.4 Å². The highest BCUT2D eigenvalue weighted by atomic mass is 32.2. The monoisotopic (exact) mass is 445 g/mol. The fourth-order valence-corrected chi connectivity index (χ4v) is 3.82. The Balaban J connectivity index is 1.70. The van der Waals surface area contributed by atoms with Crippen LogP contribution in [0.15, 0.2) is 24.4 Å². The second-order valence-electron chi connectivity index (χ2n) is 7.81. The first-order valence-electron chi connectivity index (χ1n) is 9.47. The fraction of sp³-hybridized carbons (Fsp3) is 0.429. The Morgan fingerprint density at radius 2 is 2.13 bits per heavy atom. The highest BCUT2D eigenvalue weighted by molar-refractivity contribution is 7.92. The van der Waals surface area contributed by atoms with Crippen LogP contribution in [0.25, 0.3) is 10.9 Å². The normalized spacial score (nSPS) is 16.8. The summed E-state index contributed by atoms with van der Waals surface area (Å²) in [5, 5.41) is 24.0. The maximum atomic E-state index is 12.1. The number of ether oxygens (including phenoxy) is 1. The van der Waals surface area contributed by atoms with Gasteiger partial charge in [0, 0.05) is 36.4 Å². The molecule has 0 radical (unpaired) electrons. The molecule has 3 rings (SSSR count). The molecule has 0 spiro atoms. The number of amides is 1. The van der Waals surface area contributed by atoms with Crippen molar-refractivity contribution in [2.75, 3.05) is 19.5 Å². The number of aryl methyl sites for hydroxylation is 1. The number of aromatic nitrogens is 2. The zero-order valence-corrected chi connectivity index (χ0v) is 18.0. The predicted molar refractivity (Wildman–Crippen MR) is 113 cm³/mol. The molecule has 1 amide bonds. The van der Waals surface area contributed by atoms with E-state index in [1.807, 2.05) is 6.07 Å². The minimum Gasteiger partial charge on any atom is -0.384 e. The van der Waals surface area contributed by atoms with Crippen LogP contribution in [0.4, 0.5) is 0 Å². The fourth-order valence-electron chi connectivity index (χ4n) is 2.98. The van der Waals surface area contributed by atoms with Crippen LogP contribution in [0.1, 0.15) is 25.3 Å². The van der Waals surface area contributed by atoms with E-state index >= 15 is 0 Å². The van der Waals surface area contributed by atoms with E-state index in [4.69, 9.17) is 9.94 Å². The van der Waals surface area contributed by atoms with Gasteiger partial charge in [-0.15, -0.1) is 0 Å². The van der Waals surface area contributed by atoms with Crippen molar-refractivity contribution in [3.63, 3.8) is 0 Å². The van der Waals surface area contributed by atoms with Crippen LogP contribution in [-0.4, -0.2) is 64.2 Å². The van der Waals surface area contributed by atoms with E-state index in [0.717, 1.165) is 17.2 Å². The quantitative estimate of drug-likeness (QED) is 0.330. The molecule has 1 aromatic heterocycles. The van der Waals surface area contributed by atoms with Crippen molar-refractivity contribution in [3.05, 3.63) is 30.0 Å². The molecular formula is C21H23N3O6S. The Hall–Kier alpha value is -2.89. The Kier molecular flexibility index (Phi) is 6.39. The number of nitrogens with one attached hydrogen (secondary N) is 1. The van der Waals surface area contributed by atoms with Gasteiger partial charge in [0.2, 0.25) is 0 Å². The number of benzene rings is 1. The predicted octanol–water partition coefficient (Wildman–Crippen LogP) is 0.241. The van der Waals surface area contributed by atoms with Crippen LogP contribution in [0.5, 0.6) is 0 Å². The summed E-state index contributed by atoms with van der Waals surface area (Å²) in [5.41, 5.74) is 2.00. The Morgan fingerprint density at radius 3 is 2.74 bits per heavy atom. The minimum atomic E-state index is -3.77. The third-order valence-corrected chi connectivity index (χ3v) is 7.31. The summed E-state index contributed by atoms with van der Waals surface area (Å²) in [5.74, 6) is 10.2. The van der Waals surface area contributed by atoms with Gasteiger partial charge < -0.3 is 9.84 Å². The first-order chi connectivity index (χ1) is 14.6. The van der Waals surface area contributed by atoms with E-state index in [2.05, 4.69) is 28.8 Å². The van der Waals surface area contributed by atoms with Crippen LogP contribution in [0.2, 0.25) is 0 Å². The molecular weight excluding hydrogens is 422 g/mol. The van der Waals surface area contributed by atoms with Crippen molar-refractivity contribution in [2.45, 2.75) is 36.7 Å². The molecule has 1 aliphatic rings. The summed E-state index contributed by atoms with van der Waals surface area (Å²) < 4.78 is 28.9. The highest BCUT2D eigenvalue weighted by Crippen LogP contribution is 2.23. The average molecular weight is 445 g/mol. The Morgan fingerprint density at radius 1 is 1.39 bits per heavy atom. The molecule has 0 bridgehead atoms. The van der Waals surface area contributed by atoms with Gasteiger partial charge in [-0.3, -0.25) is 14.7 Å². The van der Waals surface area contributed by atoms with Crippen LogP contribution in [-0.2, 0) is 25.9 Å². The third kappa shape index (κ3) is 5.06. The van der Waals surface area contributed by atoms with Gasteiger partial charge in [-0.1, -0.05) is 11.8 Å². The zero-order valence-electron chi connectivity index (χ0n) is 17.2. The van der Waals surface area contributed by atoms with E-state index in [1.165, 1.54) is 12.4 Å². The van der Waals surface area contributed by atoms with Crippen molar-refractivity contribution in [1.29, 1.82) is 0 Å².